The van der Waals surface area contributed by atoms with Gasteiger partial charge in [0.15, 0.2) is 5.13 Å². The quantitative estimate of drug-likeness (QED) is 0.410. The standard InChI is InChI=1S/C23H27ClN4O3S2.ClH/c1-26(2)12-5-15-28(23-25-20-11-8-18(24)16-21(20)32-23)22(29)17-6-9-19(10-7-17)33(30,31)27-13-3-4-14-27;/h6-11,16H,3-5,12-15H2,1-2H3;1H. The molecule has 0 unspecified atom stereocenters. The summed E-state index contributed by atoms with van der Waals surface area (Å²) in [6.45, 7) is 2.42. The van der Waals surface area contributed by atoms with Crippen molar-refractivity contribution in [2.24, 2.45) is 0 Å². The number of anilines is 1. The van der Waals surface area contributed by atoms with Gasteiger partial charge in [-0.05, 0) is 82.4 Å². The summed E-state index contributed by atoms with van der Waals surface area (Å²) < 4.78 is 28.0. The van der Waals surface area contributed by atoms with Crippen molar-refractivity contribution in [1.82, 2.24) is 14.2 Å². The summed E-state index contributed by atoms with van der Waals surface area (Å²) in [5.41, 5.74) is 1.22. The van der Waals surface area contributed by atoms with E-state index in [0.717, 1.165) is 36.0 Å². The van der Waals surface area contributed by atoms with Crippen molar-refractivity contribution >= 4 is 66.6 Å². The average Bonchev–Trinajstić information content (AvgIpc) is 3.46. The Hall–Kier alpha value is -1.75. The van der Waals surface area contributed by atoms with E-state index in [1.54, 1.807) is 23.1 Å². The van der Waals surface area contributed by atoms with Crippen LogP contribution in [0.4, 0.5) is 5.13 Å². The van der Waals surface area contributed by atoms with Crippen LogP contribution < -0.4 is 4.90 Å². The topological polar surface area (TPSA) is 73.8 Å². The van der Waals surface area contributed by atoms with Crippen LogP contribution >= 0.6 is 35.3 Å². The molecule has 4 rings (SSSR count). The number of hydrogen-bond donors (Lipinski definition) is 0. The number of hydrogen-bond acceptors (Lipinski definition) is 6. The first-order chi connectivity index (χ1) is 15.8. The minimum absolute atomic E-state index is 0. The Balaban J connectivity index is 0.00000324. The Morgan fingerprint density at radius 3 is 2.41 bits per heavy atom. The number of fused-ring (bicyclic) bond motifs is 1. The molecule has 3 aromatic rings. The second-order valence-corrected chi connectivity index (χ2v) is 11.7. The average molecular weight is 544 g/mol. The van der Waals surface area contributed by atoms with Crippen LogP contribution in [-0.4, -0.2) is 68.8 Å². The SMILES string of the molecule is CN(C)CCCN(C(=O)c1ccc(S(=O)(=O)N2CCCC2)cc1)c1nc2ccc(Cl)cc2s1.Cl. The fourth-order valence-electron chi connectivity index (χ4n) is 3.83. The highest BCUT2D eigenvalue weighted by Crippen LogP contribution is 2.32. The van der Waals surface area contributed by atoms with E-state index < -0.39 is 10.0 Å². The second kappa shape index (κ2) is 11.3. The maximum atomic E-state index is 13.5. The molecule has 0 spiro atoms. The molecule has 0 saturated carbocycles. The number of halogens is 2. The number of benzene rings is 2. The molecule has 184 valence electrons. The van der Waals surface area contributed by atoms with Gasteiger partial charge in [-0.3, -0.25) is 9.69 Å². The Morgan fingerprint density at radius 2 is 1.76 bits per heavy atom. The van der Waals surface area contributed by atoms with E-state index in [4.69, 9.17) is 11.6 Å². The Labute approximate surface area is 215 Å². The van der Waals surface area contributed by atoms with Crippen LogP contribution in [0.3, 0.4) is 0 Å². The van der Waals surface area contributed by atoms with Gasteiger partial charge >= 0.3 is 0 Å². The number of rotatable bonds is 8. The maximum absolute atomic E-state index is 13.5. The van der Waals surface area contributed by atoms with Gasteiger partial charge in [0, 0.05) is 30.2 Å². The Bertz CT molecular complexity index is 1240. The first-order valence-corrected chi connectivity index (χ1v) is 13.5. The lowest BCUT2D eigenvalue weighted by Gasteiger charge is -2.21. The maximum Gasteiger partial charge on any atom is 0.260 e. The molecule has 1 amide bonds. The summed E-state index contributed by atoms with van der Waals surface area (Å²) in [7, 11) is 0.464. The molecule has 0 N–H and O–H groups in total. The first kappa shape index (κ1) is 26.8. The van der Waals surface area contributed by atoms with Gasteiger partial charge in [-0.2, -0.15) is 4.31 Å². The van der Waals surface area contributed by atoms with Crippen LogP contribution in [0.1, 0.15) is 29.6 Å². The van der Waals surface area contributed by atoms with Crippen molar-refractivity contribution in [3.63, 3.8) is 0 Å². The lowest BCUT2D eigenvalue weighted by Crippen LogP contribution is -2.33. The third kappa shape index (κ3) is 5.90. The number of carbonyl (C=O) groups is 1. The lowest BCUT2D eigenvalue weighted by molar-refractivity contribution is 0.0986. The number of nitrogens with zero attached hydrogens (tertiary/aromatic N) is 4. The molecule has 0 aliphatic carbocycles. The van der Waals surface area contributed by atoms with Crippen molar-refractivity contribution < 1.29 is 13.2 Å². The molecule has 2 aromatic carbocycles. The van der Waals surface area contributed by atoms with Crippen LogP contribution in [0, 0.1) is 0 Å². The highest BCUT2D eigenvalue weighted by Gasteiger charge is 2.28. The van der Waals surface area contributed by atoms with E-state index >= 15 is 0 Å². The van der Waals surface area contributed by atoms with Crippen molar-refractivity contribution in [2.45, 2.75) is 24.2 Å². The van der Waals surface area contributed by atoms with E-state index in [9.17, 15) is 13.2 Å². The second-order valence-electron chi connectivity index (χ2n) is 8.36. The molecule has 34 heavy (non-hydrogen) atoms. The van der Waals surface area contributed by atoms with Crippen LogP contribution in [-0.2, 0) is 10.0 Å². The molecule has 1 aromatic heterocycles. The van der Waals surface area contributed by atoms with Crippen LogP contribution in [0.15, 0.2) is 47.4 Å². The van der Waals surface area contributed by atoms with Gasteiger partial charge in [-0.25, -0.2) is 13.4 Å². The van der Waals surface area contributed by atoms with Crippen molar-refractivity contribution in [3.05, 3.63) is 53.1 Å². The number of thiazole rings is 1. The number of sulfonamides is 1. The molecule has 7 nitrogen and oxygen atoms in total. The zero-order valence-corrected chi connectivity index (χ0v) is 22.3. The third-order valence-electron chi connectivity index (χ3n) is 5.61. The third-order valence-corrected chi connectivity index (χ3v) is 8.80. The Morgan fingerprint density at radius 1 is 1.09 bits per heavy atom. The Kier molecular flexibility index (Phi) is 8.94. The van der Waals surface area contributed by atoms with E-state index in [1.807, 2.05) is 26.2 Å². The zero-order valence-electron chi connectivity index (χ0n) is 19.1. The first-order valence-electron chi connectivity index (χ1n) is 10.9. The van der Waals surface area contributed by atoms with Gasteiger partial charge in [-0.15, -0.1) is 12.4 Å². The van der Waals surface area contributed by atoms with E-state index in [0.29, 0.717) is 35.4 Å². The molecule has 11 heteroatoms. The van der Waals surface area contributed by atoms with Gasteiger partial charge in [0.25, 0.3) is 5.91 Å². The zero-order chi connectivity index (χ0) is 23.6. The van der Waals surface area contributed by atoms with Gasteiger partial charge in [0.2, 0.25) is 10.0 Å². The van der Waals surface area contributed by atoms with Gasteiger partial charge in [-0.1, -0.05) is 22.9 Å². The minimum Gasteiger partial charge on any atom is -0.309 e. The molecular formula is C23H28Cl2N4O3S2. The molecule has 1 aliphatic heterocycles. The van der Waals surface area contributed by atoms with E-state index in [2.05, 4.69) is 9.88 Å². The number of aromatic nitrogens is 1. The van der Waals surface area contributed by atoms with Gasteiger partial charge < -0.3 is 4.90 Å². The highest BCUT2D eigenvalue weighted by atomic mass is 35.5. The summed E-state index contributed by atoms with van der Waals surface area (Å²) in [5, 5.41) is 1.22. The van der Waals surface area contributed by atoms with Gasteiger partial charge in [0.1, 0.15) is 0 Å². The van der Waals surface area contributed by atoms with Crippen molar-refractivity contribution in [2.75, 3.05) is 45.2 Å². The summed E-state index contributed by atoms with van der Waals surface area (Å²) in [5.74, 6) is -0.205. The molecule has 0 atom stereocenters. The van der Waals surface area contributed by atoms with Crippen LogP contribution in [0.25, 0.3) is 10.2 Å². The normalized spacial score (nSPS) is 14.5. The molecule has 1 aliphatic rings. The smallest absolute Gasteiger partial charge is 0.260 e. The number of carbonyl (C=O) groups excluding carboxylic acids is 1. The number of amides is 1. The summed E-state index contributed by atoms with van der Waals surface area (Å²) in [6, 6.07) is 11.7. The van der Waals surface area contributed by atoms with E-state index in [1.165, 1.54) is 27.8 Å². The lowest BCUT2D eigenvalue weighted by atomic mass is 10.2. The predicted octanol–water partition coefficient (Wildman–Crippen LogP) is 4.75. The molecular weight excluding hydrogens is 515 g/mol. The van der Waals surface area contributed by atoms with E-state index in [-0.39, 0.29) is 23.2 Å². The minimum atomic E-state index is -3.52. The summed E-state index contributed by atoms with van der Waals surface area (Å²) >= 11 is 7.54. The fourth-order valence-corrected chi connectivity index (χ4v) is 6.62. The molecule has 0 radical (unpaired) electrons. The van der Waals surface area contributed by atoms with Crippen LogP contribution in [0.2, 0.25) is 5.02 Å². The molecule has 1 fully saturated rings. The van der Waals surface area contributed by atoms with Gasteiger partial charge in [0.05, 0.1) is 15.1 Å². The monoisotopic (exact) mass is 542 g/mol. The molecule has 2 heterocycles. The van der Waals surface area contributed by atoms with Crippen molar-refractivity contribution in [3.8, 4) is 0 Å². The highest BCUT2D eigenvalue weighted by molar-refractivity contribution is 7.89. The molecule has 1 saturated heterocycles. The predicted molar refractivity (Wildman–Crippen MR) is 141 cm³/mol. The fraction of sp³-hybridized carbons (Fsp3) is 0.391. The van der Waals surface area contributed by atoms with Crippen LogP contribution in [0.5, 0.6) is 0 Å². The largest absolute Gasteiger partial charge is 0.309 e. The molecule has 0 bridgehead atoms. The van der Waals surface area contributed by atoms with Crippen molar-refractivity contribution in [1.29, 1.82) is 0 Å². The summed E-state index contributed by atoms with van der Waals surface area (Å²) in [4.78, 5) is 22.1. The summed E-state index contributed by atoms with van der Waals surface area (Å²) in [6.07, 6.45) is 2.53.